The minimum Gasteiger partial charge on any atom is -0.490 e. The van der Waals surface area contributed by atoms with Crippen LogP contribution in [0.5, 0.6) is 5.75 Å². The molecule has 86 valence electrons. The van der Waals surface area contributed by atoms with E-state index in [1.165, 1.54) is 12.3 Å². The molecule has 0 spiro atoms. The Morgan fingerprint density at radius 2 is 2.12 bits per heavy atom. The van der Waals surface area contributed by atoms with Crippen LogP contribution in [0.3, 0.4) is 0 Å². The van der Waals surface area contributed by atoms with Crippen LogP contribution in [0.25, 0.3) is 0 Å². The summed E-state index contributed by atoms with van der Waals surface area (Å²) in [4.78, 5) is 3.21. The van der Waals surface area contributed by atoms with E-state index in [4.69, 9.17) is 4.74 Å². The van der Waals surface area contributed by atoms with Crippen LogP contribution in [0, 0.1) is 29.5 Å². The van der Waals surface area contributed by atoms with Crippen LogP contribution >= 0.6 is 0 Å². The summed E-state index contributed by atoms with van der Waals surface area (Å²) in [5.74, 6) is -0.312. The summed E-state index contributed by atoms with van der Waals surface area (Å²) in [6, 6.07) is 1.36. The lowest BCUT2D eigenvalue weighted by atomic mass is 10.3. The molecule has 1 saturated carbocycles. The molecule has 2 atom stereocenters. The Morgan fingerprint density at radius 1 is 1.38 bits per heavy atom. The normalized spacial score (nSPS) is 31.2. The Kier molecular flexibility index (Phi) is 2.28. The number of ether oxygens (including phenoxy) is 1. The maximum atomic E-state index is 13.2. The first-order valence-electron chi connectivity index (χ1n) is 5.41. The van der Waals surface area contributed by atoms with Gasteiger partial charge in [0, 0.05) is 18.2 Å². The Morgan fingerprint density at radius 3 is 2.88 bits per heavy atom. The number of hydrogen-bond donors (Lipinski definition) is 1. The van der Waals surface area contributed by atoms with Crippen LogP contribution in [0.2, 0.25) is 0 Å². The topological polar surface area (TPSA) is 34.1 Å². The van der Waals surface area contributed by atoms with Crippen molar-refractivity contribution in [3.05, 3.63) is 24.0 Å². The highest BCUT2D eigenvalue weighted by Gasteiger charge is 2.53. The fourth-order valence-corrected chi connectivity index (χ4v) is 2.49. The number of nitrogens with one attached hydrogen (secondary N) is 1. The van der Waals surface area contributed by atoms with E-state index < -0.39 is 11.8 Å². The van der Waals surface area contributed by atoms with Crippen molar-refractivity contribution in [2.45, 2.75) is 0 Å². The third-order valence-electron chi connectivity index (χ3n) is 3.51. The number of aromatic nitrogens is 1. The highest BCUT2D eigenvalue weighted by Crippen LogP contribution is 2.48. The van der Waals surface area contributed by atoms with Gasteiger partial charge in [0.2, 0.25) is 5.82 Å². The van der Waals surface area contributed by atoms with Gasteiger partial charge in [-0.1, -0.05) is 0 Å². The summed E-state index contributed by atoms with van der Waals surface area (Å²) in [6.07, 6.45) is 1.21. The quantitative estimate of drug-likeness (QED) is 0.786. The van der Waals surface area contributed by atoms with Gasteiger partial charge < -0.3 is 10.1 Å². The Balaban J connectivity index is 1.61. The van der Waals surface area contributed by atoms with E-state index in [0.29, 0.717) is 24.4 Å². The van der Waals surface area contributed by atoms with Crippen molar-refractivity contribution < 1.29 is 13.5 Å². The molecule has 1 saturated heterocycles. The standard InChI is InChI=1S/C11H12F2N2O/c12-10-9(1-2-15-11(10)13)16-5-8-6-3-14-4-7(6)8/h1-2,6-8,14H,3-5H2. The van der Waals surface area contributed by atoms with Crippen molar-refractivity contribution in [3.8, 4) is 5.75 Å². The zero-order valence-corrected chi connectivity index (χ0v) is 8.62. The average Bonchev–Trinajstić information content (AvgIpc) is 2.73. The SMILES string of the molecule is Fc1nccc(OCC2C3CNCC32)c1F. The minimum atomic E-state index is -1.10. The second kappa shape index (κ2) is 3.66. The lowest BCUT2D eigenvalue weighted by Crippen LogP contribution is -2.18. The van der Waals surface area contributed by atoms with E-state index in [2.05, 4.69) is 10.3 Å². The van der Waals surface area contributed by atoms with Crippen LogP contribution in [-0.2, 0) is 0 Å². The Hall–Kier alpha value is -1.23. The lowest BCUT2D eigenvalue weighted by molar-refractivity contribution is 0.262. The molecule has 1 N–H and O–H groups in total. The number of fused-ring (bicyclic) bond motifs is 1. The fraction of sp³-hybridized carbons (Fsp3) is 0.545. The van der Waals surface area contributed by atoms with Gasteiger partial charge in [-0.25, -0.2) is 4.98 Å². The summed E-state index contributed by atoms with van der Waals surface area (Å²) in [5, 5.41) is 3.27. The monoisotopic (exact) mass is 226 g/mol. The molecule has 3 nitrogen and oxygen atoms in total. The van der Waals surface area contributed by atoms with Crippen molar-refractivity contribution in [3.63, 3.8) is 0 Å². The van der Waals surface area contributed by atoms with Gasteiger partial charge >= 0.3 is 0 Å². The maximum Gasteiger partial charge on any atom is 0.252 e. The summed E-state index contributed by atoms with van der Waals surface area (Å²) >= 11 is 0. The molecule has 3 rings (SSSR count). The summed E-state index contributed by atoms with van der Waals surface area (Å²) < 4.78 is 31.3. The molecule has 2 heterocycles. The smallest absolute Gasteiger partial charge is 0.252 e. The molecule has 1 aromatic rings. The van der Waals surface area contributed by atoms with Gasteiger partial charge in [-0.15, -0.1) is 0 Å². The van der Waals surface area contributed by atoms with Crippen LogP contribution < -0.4 is 10.1 Å². The van der Waals surface area contributed by atoms with Crippen molar-refractivity contribution in [1.82, 2.24) is 10.3 Å². The number of rotatable bonds is 3. The average molecular weight is 226 g/mol. The molecule has 1 aromatic heterocycles. The second-order valence-electron chi connectivity index (χ2n) is 4.37. The number of piperidine rings is 1. The molecule has 1 aliphatic heterocycles. The first-order valence-corrected chi connectivity index (χ1v) is 5.41. The van der Waals surface area contributed by atoms with Gasteiger partial charge in [0.05, 0.1) is 6.61 Å². The van der Waals surface area contributed by atoms with Gasteiger partial charge in [-0.05, 0) is 24.9 Å². The number of pyridine rings is 1. The second-order valence-corrected chi connectivity index (χ2v) is 4.37. The number of hydrogen-bond acceptors (Lipinski definition) is 3. The maximum absolute atomic E-state index is 13.2. The van der Waals surface area contributed by atoms with Gasteiger partial charge in [-0.3, -0.25) is 0 Å². The Labute approximate surface area is 91.8 Å². The highest BCUT2D eigenvalue weighted by molar-refractivity contribution is 5.21. The molecule has 0 bridgehead atoms. The van der Waals surface area contributed by atoms with E-state index in [-0.39, 0.29) is 5.75 Å². The number of nitrogens with zero attached hydrogens (tertiary/aromatic N) is 1. The van der Waals surface area contributed by atoms with E-state index in [1.807, 2.05) is 0 Å². The highest BCUT2D eigenvalue weighted by atomic mass is 19.2. The molecular formula is C11H12F2N2O. The van der Waals surface area contributed by atoms with Crippen LogP contribution in [0.4, 0.5) is 8.78 Å². The summed E-state index contributed by atoms with van der Waals surface area (Å²) in [6.45, 7) is 2.51. The molecular weight excluding hydrogens is 214 g/mol. The predicted octanol–water partition coefficient (Wildman–Crippen LogP) is 1.20. The third-order valence-corrected chi connectivity index (χ3v) is 3.51. The van der Waals surface area contributed by atoms with Crippen molar-refractivity contribution >= 4 is 0 Å². The van der Waals surface area contributed by atoms with E-state index in [0.717, 1.165) is 13.1 Å². The molecule has 2 fully saturated rings. The van der Waals surface area contributed by atoms with Crippen LogP contribution in [0.1, 0.15) is 0 Å². The van der Waals surface area contributed by atoms with E-state index in [1.54, 1.807) is 0 Å². The zero-order chi connectivity index (χ0) is 11.1. The van der Waals surface area contributed by atoms with Gasteiger partial charge in [0.1, 0.15) is 0 Å². The van der Waals surface area contributed by atoms with Crippen molar-refractivity contribution in [1.29, 1.82) is 0 Å². The van der Waals surface area contributed by atoms with E-state index in [9.17, 15) is 8.78 Å². The van der Waals surface area contributed by atoms with Crippen LogP contribution in [-0.4, -0.2) is 24.7 Å². The minimum absolute atomic E-state index is 0.0366. The fourth-order valence-electron chi connectivity index (χ4n) is 2.49. The lowest BCUT2D eigenvalue weighted by Gasteiger charge is -2.08. The molecule has 0 aromatic carbocycles. The summed E-state index contributed by atoms with van der Waals surface area (Å²) in [7, 11) is 0. The van der Waals surface area contributed by atoms with Crippen molar-refractivity contribution in [2.75, 3.05) is 19.7 Å². The molecule has 5 heteroatoms. The zero-order valence-electron chi connectivity index (χ0n) is 8.62. The third kappa shape index (κ3) is 1.55. The van der Waals surface area contributed by atoms with Gasteiger partial charge in [0.25, 0.3) is 5.95 Å². The molecule has 0 radical (unpaired) electrons. The largest absolute Gasteiger partial charge is 0.490 e. The van der Waals surface area contributed by atoms with Crippen molar-refractivity contribution in [2.24, 2.45) is 17.8 Å². The van der Waals surface area contributed by atoms with Crippen LogP contribution in [0.15, 0.2) is 12.3 Å². The van der Waals surface area contributed by atoms with Gasteiger partial charge in [-0.2, -0.15) is 8.78 Å². The number of halogens is 2. The first-order chi connectivity index (χ1) is 7.77. The predicted molar refractivity (Wildman–Crippen MR) is 53.0 cm³/mol. The molecule has 1 aliphatic carbocycles. The molecule has 2 aliphatic rings. The molecule has 0 amide bonds. The van der Waals surface area contributed by atoms with Gasteiger partial charge in [0.15, 0.2) is 5.75 Å². The molecule has 16 heavy (non-hydrogen) atoms. The Bertz CT molecular complexity index is 403. The van der Waals surface area contributed by atoms with E-state index >= 15 is 0 Å². The first kappa shape index (κ1) is 9.96. The summed E-state index contributed by atoms with van der Waals surface area (Å²) in [5.41, 5.74) is 0. The molecule has 2 unspecified atom stereocenters.